The number of carbonyl (C=O) groups is 1. The topological polar surface area (TPSA) is 99.4 Å². The molecule has 2 rings (SSSR count). The highest BCUT2D eigenvalue weighted by Crippen LogP contribution is 2.16. The molecule has 1 N–H and O–H groups in total. The van der Waals surface area contributed by atoms with Crippen LogP contribution >= 0.6 is 0 Å². The van der Waals surface area contributed by atoms with Gasteiger partial charge in [0.15, 0.2) is 0 Å². The first kappa shape index (κ1) is 16.4. The zero-order valence-electron chi connectivity index (χ0n) is 12.2. The number of aliphatic imine (C=N–C) groups is 1. The smallest absolute Gasteiger partial charge is 0.264 e. The minimum absolute atomic E-state index is 0.00924. The van der Waals surface area contributed by atoms with Gasteiger partial charge in [0.1, 0.15) is 0 Å². The predicted octanol–water partition coefficient (Wildman–Crippen LogP) is 2.13. The molecule has 116 valence electrons. The quantitative estimate of drug-likeness (QED) is 0.869. The highest BCUT2D eigenvalue weighted by molar-refractivity contribution is 7.90. The lowest BCUT2D eigenvalue weighted by atomic mass is 10.2. The van der Waals surface area contributed by atoms with Crippen LogP contribution in [0.3, 0.4) is 0 Å². The van der Waals surface area contributed by atoms with E-state index in [0.717, 1.165) is 12.5 Å². The maximum atomic E-state index is 11.8. The number of nitrogens with one attached hydrogen (secondary N) is 1. The van der Waals surface area contributed by atoms with Crippen LogP contribution in [-0.2, 0) is 14.8 Å². The number of sulfonamides is 1. The molecule has 0 radical (unpaired) electrons. The molecule has 0 heterocycles. The number of carbonyl (C=O) groups excluding carboxylic acids is 1. The minimum Gasteiger partial charge on any atom is -0.274 e. The Labute approximate surface area is 134 Å². The molecule has 0 aliphatic rings. The van der Waals surface area contributed by atoms with Gasteiger partial charge in [0, 0.05) is 13.1 Å². The molecule has 0 aliphatic heterocycles. The summed E-state index contributed by atoms with van der Waals surface area (Å²) in [6.45, 7) is 1.13. The van der Waals surface area contributed by atoms with Crippen molar-refractivity contribution in [1.82, 2.24) is 4.72 Å². The predicted molar refractivity (Wildman–Crippen MR) is 85.9 cm³/mol. The number of amides is 1. The molecule has 0 aromatic heterocycles. The Kier molecular flexibility index (Phi) is 4.88. The Balaban J connectivity index is 2.15. The Morgan fingerprint density at radius 2 is 1.74 bits per heavy atom. The summed E-state index contributed by atoms with van der Waals surface area (Å²) in [5, 5.41) is 8.72. The highest BCUT2D eigenvalue weighted by Gasteiger charge is 2.14. The molecule has 2 aromatic rings. The second-order valence-electron chi connectivity index (χ2n) is 4.65. The largest absolute Gasteiger partial charge is 0.274 e. The van der Waals surface area contributed by atoms with E-state index in [9.17, 15) is 13.2 Å². The average molecular weight is 327 g/mol. The second-order valence-corrected chi connectivity index (χ2v) is 6.33. The zero-order chi connectivity index (χ0) is 16.9. The van der Waals surface area contributed by atoms with Crippen LogP contribution in [-0.4, -0.2) is 20.5 Å². The van der Waals surface area contributed by atoms with Crippen LogP contribution in [0.25, 0.3) is 0 Å². The van der Waals surface area contributed by atoms with E-state index < -0.39 is 15.9 Å². The van der Waals surface area contributed by atoms with E-state index in [4.69, 9.17) is 5.26 Å². The number of benzene rings is 2. The van der Waals surface area contributed by atoms with Crippen molar-refractivity contribution in [2.75, 3.05) is 0 Å². The molecule has 2 aromatic carbocycles. The first-order valence-corrected chi connectivity index (χ1v) is 8.07. The summed E-state index contributed by atoms with van der Waals surface area (Å²) >= 11 is 0. The molecule has 23 heavy (non-hydrogen) atoms. The van der Waals surface area contributed by atoms with E-state index in [1.165, 1.54) is 24.3 Å². The maximum Gasteiger partial charge on any atom is 0.264 e. The highest BCUT2D eigenvalue weighted by atomic mass is 32.2. The summed E-state index contributed by atoms with van der Waals surface area (Å²) in [5.41, 5.74) is 1.95. The molecular weight excluding hydrogens is 314 g/mol. The SMILES string of the molecule is CC(=O)NS(=O)(=O)c1ccc(N=Cc2ccc(C#N)cc2)cc1. The maximum absolute atomic E-state index is 11.8. The number of hydrogen-bond donors (Lipinski definition) is 1. The zero-order valence-corrected chi connectivity index (χ0v) is 13.0. The van der Waals surface area contributed by atoms with Crippen LogP contribution in [0.2, 0.25) is 0 Å². The van der Waals surface area contributed by atoms with Crippen LogP contribution in [0.4, 0.5) is 5.69 Å². The van der Waals surface area contributed by atoms with E-state index in [1.54, 1.807) is 30.5 Å². The fraction of sp³-hybridized carbons (Fsp3) is 0.0625. The van der Waals surface area contributed by atoms with Gasteiger partial charge in [0.2, 0.25) is 5.91 Å². The first-order chi connectivity index (χ1) is 10.9. The summed E-state index contributed by atoms with van der Waals surface area (Å²) in [7, 11) is -3.83. The number of nitrogens with zero attached hydrogens (tertiary/aromatic N) is 2. The van der Waals surface area contributed by atoms with E-state index in [0.29, 0.717) is 11.3 Å². The summed E-state index contributed by atoms with van der Waals surface area (Å²) in [4.78, 5) is 15.1. The van der Waals surface area contributed by atoms with Gasteiger partial charge >= 0.3 is 0 Å². The average Bonchev–Trinajstić information content (AvgIpc) is 2.52. The standard InChI is InChI=1S/C16H13N3O3S/c1-12(20)19-23(21,22)16-8-6-15(7-9-16)18-11-14-4-2-13(10-17)3-5-14/h2-9,11H,1H3,(H,19,20). The Morgan fingerprint density at radius 1 is 1.13 bits per heavy atom. The van der Waals surface area contributed by atoms with Crippen molar-refractivity contribution >= 4 is 27.8 Å². The van der Waals surface area contributed by atoms with Crippen molar-refractivity contribution in [2.45, 2.75) is 11.8 Å². The van der Waals surface area contributed by atoms with E-state index in [2.05, 4.69) is 4.99 Å². The fourth-order valence-corrected chi connectivity index (χ4v) is 2.74. The number of hydrogen-bond acceptors (Lipinski definition) is 5. The lowest BCUT2D eigenvalue weighted by molar-refractivity contribution is -0.117. The lowest BCUT2D eigenvalue weighted by Crippen LogP contribution is -2.28. The third kappa shape index (κ3) is 4.49. The summed E-state index contributed by atoms with van der Waals surface area (Å²) in [5.74, 6) is -0.645. The van der Waals surface area contributed by atoms with Crippen LogP contribution in [0.5, 0.6) is 0 Å². The molecule has 0 aliphatic carbocycles. The minimum atomic E-state index is -3.83. The van der Waals surface area contributed by atoms with Gasteiger partial charge in [-0.3, -0.25) is 9.79 Å². The first-order valence-electron chi connectivity index (χ1n) is 6.58. The van der Waals surface area contributed by atoms with Crippen LogP contribution < -0.4 is 4.72 Å². The molecular formula is C16H13N3O3S. The van der Waals surface area contributed by atoms with Crippen molar-refractivity contribution in [3.8, 4) is 6.07 Å². The van der Waals surface area contributed by atoms with Crippen molar-refractivity contribution < 1.29 is 13.2 Å². The molecule has 0 saturated carbocycles. The van der Waals surface area contributed by atoms with Crippen molar-refractivity contribution in [3.63, 3.8) is 0 Å². The van der Waals surface area contributed by atoms with Gasteiger partial charge in [-0.2, -0.15) is 5.26 Å². The van der Waals surface area contributed by atoms with Gasteiger partial charge < -0.3 is 0 Å². The van der Waals surface area contributed by atoms with Gasteiger partial charge in [0.25, 0.3) is 10.0 Å². The Hall–Kier alpha value is -2.98. The summed E-state index contributed by atoms with van der Waals surface area (Å²) < 4.78 is 25.5. The third-order valence-electron chi connectivity index (χ3n) is 2.83. The molecule has 7 heteroatoms. The van der Waals surface area contributed by atoms with Gasteiger partial charge in [0.05, 0.1) is 22.2 Å². The van der Waals surface area contributed by atoms with Crippen LogP contribution in [0.1, 0.15) is 18.1 Å². The Morgan fingerprint density at radius 3 is 2.26 bits per heavy atom. The fourth-order valence-electron chi connectivity index (χ4n) is 1.75. The molecule has 0 saturated heterocycles. The van der Waals surface area contributed by atoms with Crippen LogP contribution in [0, 0.1) is 11.3 Å². The summed E-state index contributed by atoms with van der Waals surface area (Å²) in [6.07, 6.45) is 1.61. The van der Waals surface area contributed by atoms with Crippen molar-refractivity contribution in [3.05, 3.63) is 59.7 Å². The second kappa shape index (κ2) is 6.85. The molecule has 6 nitrogen and oxygen atoms in total. The molecule has 0 spiro atoms. The molecule has 0 fully saturated rings. The molecule has 0 atom stereocenters. The van der Waals surface area contributed by atoms with Gasteiger partial charge in [-0.05, 0) is 42.0 Å². The van der Waals surface area contributed by atoms with Gasteiger partial charge in [-0.1, -0.05) is 12.1 Å². The van der Waals surface area contributed by atoms with Gasteiger partial charge in [-0.15, -0.1) is 0 Å². The van der Waals surface area contributed by atoms with Crippen LogP contribution in [0.15, 0.2) is 58.4 Å². The van der Waals surface area contributed by atoms with E-state index >= 15 is 0 Å². The van der Waals surface area contributed by atoms with E-state index in [-0.39, 0.29) is 4.90 Å². The summed E-state index contributed by atoms with van der Waals surface area (Å²) in [6, 6.07) is 14.7. The molecule has 0 bridgehead atoms. The molecule has 1 amide bonds. The monoisotopic (exact) mass is 327 g/mol. The number of rotatable bonds is 4. The van der Waals surface area contributed by atoms with Crippen molar-refractivity contribution in [2.24, 2.45) is 4.99 Å². The normalized spacial score (nSPS) is 11.1. The third-order valence-corrected chi connectivity index (χ3v) is 4.28. The Bertz CT molecular complexity index is 878. The van der Waals surface area contributed by atoms with Crippen molar-refractivity contribution in [1.29, 1.82) is 5.26 Å². The van der Waals surface area contributed by atoms with E-state index in [1.807, 2.05) is 10.8 Å². The number of nitriles is 1. The lowest BCUT2D eigenvalue weighted by Gasteiger charge is -2.04. The molecule has 0 unspecified atom stereocenters. The van der Waals surface area contributed by atoms with Gasteiger partial charge in [-0.25, -0.2) is 13.1 Å².